The van der Waals surface area contributed by atoms with Crippen LogP contribution in [-0.2, 0) is 10.0 Å². The zero-order chi connectivity index (χ0) is 15.5. The van der Waals surface area contributed by atoms with E-state index >= 15 is 0 Å². The molecule has 0 aromatic heterocycles. The number of sulfonamides is 1. The predicted molar refractivity (Wildman–Crippen MR) is 85.2 cm³/mol. The first-order valence-electron chi connectivity index (χ1n) is 7.19. The Morgan fingerprint density at radius 1 is 1.29 bits per heavy atom. The Bertz CT molecular complexity index is 595. The minimum atomic E-state index is -3.52. The maximum atomic E-state index is 11.5. The van der Waals surface area contributed by atoms with Gasteiger partial charge < -0.3 is 4.74 Å². The Hall–Kier alpha value is -0.780. The Morgan fingerprint density at radius 3 is 2.57 bits per heavy atom. The molecule has 1 aromatic carbocycles. The number of ether oxygens (including phenoxy) is 1. The number of halogens is 1. The first kappa shape index (κ1) is 16.6. The van der Waals surface area contributed by atoms with Crippen LogP contribution in [0.15, 0.2) is 18.2 Å². The monoisotopic (exact) mass is 331 g/mol. The normalized spacial score (nSPS) is 18.4. The third-order valence-corrected chi connectivity index (χ3v) is 5.37. The molecule has 0 atom stereocenters. The van der Waals surface area contributed by atoms with Crippen LogP contribution >= 0.6 is 11.6 Å². The Morgan fingerprint density at radius 2 is 1.95 bits per heavy atom. The molecule has 4 nitrogen and oxygen atoms in total. The molecule has 0 unspecified atom stereocenters. The summed E-state index contributed by atoms with van der Waals surface area (Å²) < 4.78 is 28.9. The van der Waals surface area contributed by atoms with E-state index in [1.807, 2.05) is 19.1 Å². The van der Waals surface area contributed by atoms with Crippen LogP contribution in [0.2, 0.25) is 5.02 Å². The molecular weight excluding hydrogens is 310 g/mol. The first-order valence-corrected chi connectivity index (χ1v) is 9.29. The van der Waals surface area contributed by atoms with Gasteiger partial charge in [0, 0.05) is 5.41 Å². The highest BCUT2D eigenvalue weighted by atomic mass is 35.5. The van der Waals surface area contributed by atoms with E-state index in [0.717, 1.165) is 37.7 Å². The molecule has 0 amide bonds. The number of nitrogens with two attached hydrogens (primary N) is 1. The molecule has 0 aliphatic heterocycles. The van der Waals surface area contributed by atoms with Crippen molar-refractivity contribution < 1.29 is 13.2 Å². The lowest BCUT2D eigenvalue weighted by Crippen LogP contribution is -2.40. The zero-order valence-electron chi connectivity index (χ0n) is 12.3. The van der Waals surface area contributed by atoms with Gasteiger partial charge in [-0.2, -0.15) is 0 Å². The third kappa shape index (κ3) is 4.87. The second-order valence-corrected chi connectivity index (χ2v) is 8.11. The molecule has 1 aromatic rings. The summed E-state index contributed by atoms with van der Waals surface area (Å²) in [5, 5.41) is 5.81. The van der Waals surface area contributed by atoms with Crippen LogP contribution in [0.3, 0.4) is 0 Å². The van der Waals surface area contributed by atoms with Gasteiger partial charge >= 0.3 is 0 Å². The van der Waals surface area contributed by atoms with Crippen molar-refractivity contribution in [2.24, 2.45) is 10.6 Å². The molecule has 2 N–H and O–H groups in total. The van der Waals surface area contributed by atoms with Gasteiger partial charge in [-0.15, -0.1) is 0 Å². The van der Waals surface area contributed by atoms with E-state index in [4.69, 9.17) is 21.5 Å². The highest BCUT2D eigenvalue weighted by Gasteiger charge is 2.36. The summed E-state index contributed by atoms with van der Waals surface area (Å²) in [7, 11) is -3.52. The van der Waals surface area contributed by atoms with E-state index in [0.29, 0.717) is 17.4 Å². The highest BCUT2D eigenvalue weighted by Crippen LogP contribution is 2.38. The number of hydrogen-bond acceptors (Lipinski definition) is 3. The Kier molecular flexibility index (Phi) is 5.17. The van der Waals surface area contributed by atoms with Gasteiger partial charge in [0.05, 0.1) is 17.4 Å². The average molecular weight is 332 g/mol. The smallest absolute Gasteiger partial charge is 0.209 e. The first-order chi connectivity index (χ1) is 9.80. The maximum Gasteiger partial charge on any atom is 0.209 e. The minimum Gasteiger partial charge on any atom is -0.491 e. The van der Waals surface area contributed by atoms with Gasteiger partial charge in [0.25, 0.3) is 0 Å². The van der Waals surface area contributed by atoms with Gasteiger partial charge in [-0.05, 0) is 37.5 Å². The van der Waals surface area contributed by atoms with E-state index < -0.39 is 10.0 Å². The molecule has 0 heterocycles. The molecule has 0 spiro atoms. The van der Waals surface area contributed by atoms with Crippen LogP contribution in [0.1, 0.15) is 37.7 Å². The average Bonchev–Trinajstić information content (AvgIpc) is 2.39. The number of primary sulfonamides is 1. The van der Waals surface area contributed by atoms with Crippen molar-refractivity contribution in [3.8, 4) is 5.75 Å². The second kappa shape index (κ2) is 6.55. The lowest BCUT2D eigenvalue weighted by Gasteiger charge is -2.36. The van der Waals surface area contributed by atoms with Crippen molar-refractivity contribution in [2.45, 2.75) is 39.0 Å². The van der Waals surface area contributed by atoms with E-state index in [9.17, 15) is 8.42 Å². The van der Waals surface area contributed by atoms with E-state index in [1.165, 1.54) is 0 Å². The molecule has 1 aliphatic rings. The molecule has 0 saturated heterocycles. The number of hydrogen-bond donors (Lipinski definition) is 1. The molecule has 21 heavy (non-hydrogen) atoms. The second-order valence-electron chi connectivity index (χ2n) is 6.09. The van der Waals surface area contributed by atoms with E-state index in [1.54, 1.807) is 6.07 Å². The summed E-state index contributed by atoms with van der Waals surface area (Å²) in [5.74, 6) is 0.583. The summed E-state index contributed by atoms with van der Waals surface area (Å²) in [5.41, 5.74) is 0.664. The third-order valence-electron chi connectivity index (χ3n) is 4.04. The Balaban J connectivity index is 2.14. The summed E-state index contributed by atoms with van der Waals surface area (Å²) in [6.07, 6.45) is 4.82. The summed E-state index contributed by atoms with van der Waals surface area (Å²) >= 11 is 6.12. The van der Waals surface area contributed by atoms with Crippen LogP contribution in [0.5, 0.6) is 5.75 Å². The van der Waals surface area contributed by atoms with Crippen LogP contribution in [0, 0.1) is 12.3 Å². The highest BCUT2D eigenvalue weighted by molar-refractivity contribution is 7.89. The quantitative estimate of drug-likeness (QED) is 0.900. The summed E-state index contributed by atoms with van der Waals surface area (Å²) in [6, 6.07) is 5.57. The molecule has 1 aliphatic carbocycles. The lowest BCUT2D eigenvalue weighted by atomic mass is 9.76. The summed E-state index contributed by atoms with van der Waals surface area (Å²) in [4.78, 5) is 0. The number of benzene rings is 1. The fraction of sp³-hybridized carbons (Fsp3) is 0.600. The van der Waals surface area contributed by atoms with Gasteiger partial charge in [0.1, 0.15) is 5.75 Å². The van der Waals surface area contributed by atoms with Crippen LogP contribution in [0.25, 0.3) is 0 Å². The van der Waals surface area contributed by atoms with E-state index in [2.05, 4.69) is 0 Å². The van der Waals surface area contributed by atoms with Crippen molar-refractivity contribution in [2.75, 3.05) is 12.4 Å². The number of rotatable bonds is 5. The molecular formula is C15H22ClNO3S. The maximum absolute atomic E-state index is 11.5. The molecule has 1 fully saturated rings. The van der Waals surface area contributed by atoms with Crippen molar-refractivity contribution in [3.05, 3.63) is 28.8 Å². The van der Waals surface area contributed by atoms with Crippen molar-refractivity contribution in [1.29, 1.82) is 0 Å². The van der Waals surface area contributed by atoms with Gasteiger partial charge in [0.2, 0.25) is 10.0 Å². The number of aryl methyl sites for hydroxylation is 1. The zero-order valence-corrected chi connectivity index (χ0v) is 13.8. The fourth-order valence-electron chi connectivity index (χ4n) is 3.01. The largest absolute Gasteiger partial charge is 0.491 e. The van der Waals surface area contributed by atoms with Crippen molar-refractivity contribution >= 4 is 21.6 Å². The van der Waals surface area contributed by atoms with Crippen LogP contribution in [-0.4, -0.2) is 20.8 Å². The lowest BCUT2D eigenvalue weighted by molar-refractivity contribution is 0.119. The minimum absolute atomic E-state index is 0.0244. The predicted octanol–water partition coefficient (Wildman–Crippen LogP) is 3.27. The summed E-state index contributed by atoms with van der Waals surface area (Å²) in [6.45, 7) is 2.30. The molecule has 2 rings (SSSR count). The molecule has 0 radical (unpaired) electrons. The Labute approximate surface area is 131 Å². The topological polar surface area (TPSA) is 69.4 Å². The van der Waals surface area contributed by atoms with Crippen LogP contribution < -0.4 is 9.88 Å². The van der Waals surface area contributed by atoms with Gasteiger partial charge in [0.15, 0.2) is 0 Å². The molecule has 6 heteroatoms. The van der Waals surface area contributed by atoms with Gasteiger partial charge in [-0.1, -0.05) is 36.9 Å². The SMILES string of the molecule is Cc1ccc(Cl)c(OCC2(CS(N)(=O)=O)CCCCC2)c1. The molecule has 118 valence electrons. The van der Waals surface area contributed by atoms with Gasteiger partial charge in [-0.25, -0.2) is 13.6 Å². The molecule has 0 bridgehead atoms. The van der Waals surface area contributed by atoms with Crippen molar-refractivity contribution in [1.82, 2.24) is 0 Å². The fourth-order valence-corrected chi connectivity index (χ4v) is 4.41. The van der Waals surface area contributed by atoms with Crippen LogP contribution in [0.4, 0.5) is 0 Å². The van der Waals surface area contributed by atoms with Gasteiger partial charge in [-0.3, -0.25) is 0 Å². The standard InChI is InChI=1S/C15H22ClNO3S/c1-12-5-6-13(16)14(9-12)20-10-15(11-21(17,18)19)7-3-2-4-8-15/h5-6,9H,2-4,7-8,10-11H2,1H3,(H2,17,18,19). The molecule has 1 saturated carbocycles. The van der Waals surface area contributed by atoms with Crippen molar-refractivity contribution in [3.63, 3.8) is 0 Å². The van der Waals surface area contributed by atoms with E-state index in [-0.39, 0.29) is 11.2 Å².